The predicted molar refractivity (Wildman–Crippen MR) is 143 cm³/mol. The van der Waals surface area contributed by atoms with Crippen molar-refractivity contribution in [3.63, 3.8) is 0 Å². The van der Waals surface area contributed by atoms with Crippen LogP contribution in [0.25, 0.3) is 21.9 Å². The van der Waals surface area contributed by atoms with Crippen LogP contribution < -0.4 is 10.6 Å². The third-order valence-electron chi connectivity index (χ3n) is 6.57. The number of carbonyl (C=O) groups excluding carboxylic acids is 2. The summed E-state index contributed by atoms with van der Waals surface area (Å²) >= 11 is 0. The van der Waals surface area contributed by atoms with E-state index in [1.807, 2.05) is 98.0 Å². The molecule has 7 heteroatoms. The van der Waals surface area contributed by atoms with Crippen LogP contribution in [0.4, 0.5) is 4.79 Å². The van der Waals surface area contributed by atoms with Crippen LogP contribution in [0.15, 0.2) is 95.5 Å². The second-order valence-corrected chi connectivity index (χ2v) is 9.43. The number of rotatable bonds is 8. The van der Waals surface area contributed by atoms with Crippen molar-refractivity contribution in [2.75, 3.05) is 0 Å². The summed E-state index contributed by atoms with van der Waals surface area (Å²) in [6, 6.07) is 26.7. The molecule has 3 N–H and O–H groups in total. The van der Waals surface area contributed by atoms with Gasteiger partial charge in [-0.3, -0.25) is 4.79 Å². The maximum Gasteiger partial charge on any atom is 0.408 e. The zero-order valence-corrected chi connectivity index (χ0v) is 20.8. The van der Waals surface area contributed by atoms with Gasteiger partial charge in [0.05, 0.1) is 6.04 Å². The second kappa shape index (κ2) is 10.2. The van der Waals surface area contributed by atoms with Crippen LogP contribution >= 0.6 is 0 Å². The van der Waals surface area contributed by atoms with E-state index in [4.69, 9.17) is 9.15 Å². The smallest absolute Gasteiger partial charge is 0.408 e. The molecule has 3 aromatic carbocycles. The quantitative estimate of drug-likeness (QED) is 0.245. The third kappa shape index (κ3) is 5.35. The minimum Gasteiger partial charge on any atom is -0.457 e. The highest BCUT2D eigenvalue weighted by Gasteiger charge is 2.37. The molecule has 0 aliphatic carbocycles. The van der Waals surface area contributed by atoms with E-state index in [-0.39, 0.29) is 25.0 Å². The Morgan fingerprint density at radius 3 is 2.54 bits per heavy atom. The fraction of sp³-hybridized carbons (Fsp3) is 0.200. The van der Waals surface area contributed by atoms with Crippen LogP contribution in [-0.4, -0.2) is 22.5 Å². The van der Waals surface area contributed by atoms with Gasteiger partial charge in [0.25, 0.3) is 0 Å². The van der Waals surface area contributed by atoms with Crippen molar-refractivity contribution in [1.82, 2.24) is 15.6 Å². The van der Waals surface area contributed by atoms with Gasteiger partial charge in [-0.2, -0.15) is 0 Å². The number of nitrogens with one attached hydrogen (secondary N) is 3. The standard InChI is InChI=1S/C30H29N3O4/c1-20(21-10-4-3-5-11-21)32-28(34)30(2,17-23-18-31-26-14-8-7-13-25(23)26)33-29(35)36-19-24-16-22-12-6-9-15-27(22)37-24/h3-16,18,20,31H,17,19H2,1-2H3,(H,32,34)(H,33,35)/t20-,30-/m1/s1. The van der Waals surface area contributed by atoms with Crippen molar-refractivity contribution < 1.29 is 18.7 Å². The number of alkyl carbamates (subject to hydrolysis) is 1. The van der Waals surface area contributed by atoms with Gasteiger partial charge in [0.1, 0.15) is 16.9 Å². The first-order chi connectivity index (χ1) is 17.9. The molecule has 7 nitrogen and oxygen atoms in total. The van der Waals surface area contributed by atoms with Gasteiger partial charge in [0.2, 0.25) is 5.91 Å². The molecule has 0 saturated carbocycles. The van der Waals surface area contributed by atoms with Gasteiger partial charge in [0, 0.05) is 28.9 Å². The Kier molecular flexibility index (Phi) is 6.68. The summed E-state index contributed by atoms with van der Waals surface area (Å²) in [5.74, 6) is 0.214. The Labute approximate surface area is 214 Å². The Bertz CT molecular complexity index is 1510. The maximum absolute atomic E-state index is 13.6. The molecule has 37 heavy (non-hydrogen) atoms. The van der Waals surface area contributed by atoms with Gasteiger partial charge in [-0.1, -0.05) is 66.7 Å². The molecule has 2 atom stereocenters. The summed E-state index contributed by atoms with van der Waals surface area (Å²) in [5, 5.41) is 7.81. The largest absolute Gasteiger partial charge is 0.457 e. The van der Waals surface area contributed by atoms with Crippen molar-refractivity contribution >= 4 is 33.9 Å². The number of benzene rings is 3. The summed E-state index contributed by atoms with van der Waals surface area (Å²) in [7, 11) is 0. The van der Waals surface area contributed by atoms with Crippen molar-refractivity contribution in [3.8, 4) is 0 Å². The lowest BCUT2D eigenvalue weighted by molar-refractivity contribution is -0.127. The minimum atomic E-state index is -1.28. The first-order valence-corrected chi connectivity index (χ1v) is 12.2. The molecule has 0 unspecified atom stereocenters. The number of carbonyl (C=O) groups is 2. The lowest BCUT2D eigenvalue weighted by atomic mass is 9.91. The normalized spacial score (nSPS) is 13.7. The maximum atomic E-state index is 13.6. The molecule has 5 aromatic rings. The van der Waals surface area contributed by atoms with E-state index >= 15 is 0 Å². The Balaban J connectivity index is 1.34. The van der Waals surface area contributed by atoms with Gasteiger partial charge in [-0.15, -0.1) is 0 Å². The molecular weight excluding hydrogens is 466 g/mol. The lowest BCUT2D eigenvalue weighted by Gasteiger charge is -2.30. The summed E-state index contributed by atoms with van der Waals surface area (Å²) in [6.45, 7) is 3.58. The number of hydrogen-bond donors (Lipinski definition) is 3. The van der Waals surface area contributed by atoms with Crippen LogP contribution in [0.1, 0.15) is 36.8 Å². The first-order valence-electron chi connectivity index (χ1n) is 12.2. The molecule has 188 valence electrons. The van der Waals surface area contributed by atoms with Crippen molar-refractivity contribution in [2.45, 2.75) is 38.5 Å². The van der Waals surface area contributed by atoms with Crippen LogP contribution in [0.3, 0.4) is 0 Å². The van der Waals surface area contributed by atoms with Crippen molar-refractivity contribution in [1.29, 1.82) is 0 Å². The molecule has 2 heterocycles. The Morgan fingerprint density at radius 2 is 1.73 bits per heavy atom. The summed E-state index contributed by atoms with van der Waals surface area (Å²) in [5.41, 5.74) is 2.29. The van der Waals surface area contributed by atoms with E-state index in [9.17, 15) is 9.59 Å². The van der Waals surface area contributed by atoms with E-state index in [1.54, 1.807) is 6.92 Å². The highest BCUT2D eigenvalue weighted by molar-refractivity contribution is 5.91. The number of H-pyrrole nitrogens is 1. The molecule has 0 radical (unpaired) electrons. The third-order valence-corrected chi connectivity index (χ3v) is 6.57. The summed E-state index contributed by atoms with van der Waals surface area (Å²) < 4.78 is 11.2. The fourth-order valence-electron chi connectivity index (χ4n) is 4.53. The number of fused-ring (bicyclic) bond motifs is 2. The molecule has 0 spiro atoms. The van der Waals surface area contributed by atoms with E-state index in [0.29, 0.717) is 5.76 Å². The highest BCUT2D eigenvalue weighted by Crippen LogP contribution is 2.24. The topological polar surface area (TPSA) is 96.4 Å². The molecule has 0 saturated heterocycles. The molecule has 0 fully saturated rings. The van der Waals surface area contributed by atoms with E-state index < -0.39 is 11.6 Å². The fourth-order valence-corrected chi connectivity index (χ4v) is 4.53. The van der Waals surface area contributed by atoms with Gasteiger partial charge >= 0.3 is 6.09 Å². The lowest BCUT2D eigenvalue weighted by Crippen LogP contribution is -2.58. The predicted octanol–water partition coefficient (Wildman–Crippen LogP) is 6.02. The number of hydrogen-bond acceptors (Lipinski definition) is 4. The van der Waals surface area contributed by atoms with E-state index in [1.165, 1.54) is 0 Å². The minimum absolute atomic E-state index is 0.0499. The van der Waals surface area contributed by atoms with Gasteiger partial charge in [-0.05, 0) is 43.2 Å². The molecule has 2 aromatic heterocycles. The van der Waals surface area contributed by atoms with Crippen LogP contribution in [-0.2, 0) is 22.6 Å². The zero-order chi connectivity index (χ0) is 25.8. The number of aromatic amines is 1. The van der Waals surface area contributed by atoms with Gasteiger partial charge in [-0.25, -0.2) is 4.79 Å². The molecule has 0 aliphatic rings. The van der Waals surface area contributed by atoms with Crippen LogP contribution in [0, 0.1) is 0 Å². The number of furan rings is 1. The molecular formula is C30H29N3O4. The molecule has 2 amide bonds. The van der Waals surface area contributed by atoms with Crippen LogP contribution in [0.5, 0.6) is 0 Å². The number of aromatic nitrogens is 1. The van der Waals surface area contributed by atoms with Gasteiger partial charge in [0.15, 0.2) is 6.61 Å². The molecule has 0 aliphatic heterocycles. The van der Waals surface area contributed by atoms with Gasteiger partial charge < -0.3 is 24.8 Å². The monoisotopic (exact) mass is 495 g/mol. The highest BCUT2D eigenvalue weighted by atomic mass is 16.6. The van der Waals surface area contributed by atoms with Crippen LogP contribution in [0.2, 0.25) is 0 Å². The van der Waals surface area contributed by atoms with Crippen molar-refractivity contribution in [3.05, 3.63) is 108 Å². The average Bonchev–Trinajstić information content (AvgIpc) is 3.51. The van der Waals surface area contributed by atoms with E-state index in [2.05, 4.69) is 15.6 Å². The number of ether oxygens (including phenoxy) is 1. The second-order valence-electron chi connectivity index (χ2n) is 9.43. The summed E-state index contributed by atoms with van der Waals surface area (Å²) in [4.78, 5) is 29.8. The Hall–Kier alpha value is -4.52. The zero-order valence-electron chi connectivity index (χ0n) is 20.8. The Morgan fingerprint density at radius 1 is 1.00 bits per heavy atom. The molecule has 0 bridgehead atoms. The van der Waals surface area contributed by atoms with Crippen molar-refractivity contribution in [2.24, 2.45) is 0 Å². The average molecular weight is 496 g/mol. The molecule has 5 rings (SSSR count). The first kappa shape index (κ1) is 24.2. The SMILES string of the molecule is C[C@@H](NC(=O)[C@@](C)(Cc1c[nH]c2ccccc12)NC(=O)OCc1cc2ccccc2o1)c1ccccc1. The van der Waals surface area contributed by atoms with E-state index in [0.717, 1.165) is 33.0 Å². The number of para-hydroxylation sites is 2. The number of amides is 2. The summed E-state index contributed by atoms with van der Waals surface area (Å²) in [6.07, 6.45) is 1.44.